The van der Waals surface area contributed by atoms with E-state index in [9.17, 15) is 22.4 Å². The molecule has 0 heterocycles. The third-order valence-corrected chi connectivity index (χ3v) is 4.21. The van der Waals surface area contributed by atoms with Crippen LogP contribution in [0.4, 0.5) is 17.6 Å². The average Bonchev–Trinajstić information content (AvgIpc) is 2.54. The zero-order valence-corrected chi connectivity index (χ0v) is 13.4. The van der Waals surface area contributed by atoms with E-state index < -0.39 is 11.7 Å². The number of halogens is 4. The Balaban J connectivity index is 1.71. The summed E-state index contributed by atoms with van der Waals surface area (Å²) in [5, 5.41) is 2.70. The van der Waals surface area contributed by atoms with E-state index in [0.29, 0.717) is 13.0 Å². The molecule has 0 saturated heterocycles. The predicted molar refractivity (Wildman–Crippen MR) is 85.3 cm³/mol. The molecule has 2 aromatic carbocycles. The van der Waals surface area contributed by atoms with Crippen molar-refractivity contribution >= 4 is 17.7 Å². The summed E-state index contributed by atoms with van der Waals surface area (Å²) in [6, 6.07) is 10.7. The lowest BCUT2D eigenvalue weighted by Gasteiger charge is -2.08. The molecule has 2 rings (SSSR count). The molecule has 0 aliphatic heterocycles. The minimum atomic E-state index is -4.34. The fourth-order valence-corrected chi connectivity index (χ4v) is 2.67. The maximum absolute atomic E-state index is 12.8. The van der Waals surface area contributed by atoms with Crippen LogP contribution in [-0.4, -0.2) is 18.2 Å². The molecule has 0 aliphatic rings. The molecule has 0 spiro atoms. The average molecular weight is 357 g/mol. The number of benzene rings is 2. The number of carbonyl (C=O) groups excluding carboxylic acids is 1. The lowest BCUT2D eigenvalue weighted by atomic mass is 10.1. The van der Waals surface area contributed by atoms with Gasteiger partial charge in [-0.1, -0.05) is 12.1 Å². The van der Waals surface area contributed by atoms with Crippen LogP contribution in [-0.2, 0) is 17.4 Å². The number of nitrogens with one attached hydrogen (secondary N) is 1. The molecule has 1 N–H and O–H groups in total. The summed E-state index contributed by atoms with van der Waals surface area (Å²) in [6.07, 6.45) is -3.89. The summed E-state index contributed by atoms with van der Waals surface area (Å²) in [4.78, 5) is 12.5. The first-order chi connectivity index (χ1) is 11.3. The van der Waals surface area contributed by atoms with Crippen molar-refractivity contribution < 1.29 is 22.4 Å². The van der Waals surface area contributed by atoms with Gasteiger partial charge in [-0.25, -0.2) is 4.39 Å². The molecule has 0 bridgehead atoms. The highest BCUT2D eigenvalue weighted by atomic mass is 32.2. The second-order valence-electron chi connectivity index (χ2n) is 5.04. The van der Waals surface area contributed by atoms with E-state index in [0.717, 1.165) is 22.6 Å². The molecule has 0 atom stereocenters. The number of amides is 1. The van der Waals surface area contributed by atoms with Gasteiger partial charge in [0.25, 0.3) is 0 Å². The van der Waals surface area contributed by atoms with Crippen LogP contribution < -0.4 is 5.32 Å². The Morgan fingerprint density at radius 3 is 2.21 bits per heavy atom. The third kappa shape index (κ3) is 5.88. The Morgan fingerprint density at radius 2 is 1.62 bits per heavy atom. The minimum Gasteiger partial charge on any atom is -0.355 e. The summed E-state index contributed by atoms with van der Waals surface area (Å²) >= 11 is 1.28. The highest BCUT2D eigenvalue weighted by Crippen LogP contribution is 2.29. The van der Waals surface area contributed by atoms with Gasteiger partial charge < -0.3 is 5.32 Å². The minimum absolute atomic E-state index is 0.184. The lowest BCUT2D eigenvalue weighted by molar-refractivity contribution is -0.137. The first-order valence-electron chi connectivity index (χ1n) is 7.16. The molecule has 0 fully saturated rings. The van der Waals surface area contributed by atoms with Crippen molar-refractivity contribution in [2.45, 2.75) is 17.5 Å². The molecule has 1 amide bonds. The normalized spacial score (nSPS) is 11.3. The zero-order chi connectivity index (χ0) is 17.6. The molecule has 0 unspecified atom stereocenters. The number of rotatable bonds is 6. The standard InChI is InChI=1S/C17H15F4NOS/c18-14-5-7-15(8-6-14)24-11-16(23)22-10-9-12-1-3-13(4-2-12)17(19,20)21/h1-8H,9-11H2,(H,22,23). The zero-order valence-electron chi connectivity index (χ0n) is 12.6. The van der Waals surface area contributed by atoms with Crippen molar-refractivity contribution in [2.24, 2.45) is 0 Å². The molecule has 7 heteroatoms. The molecule has 0 radical (unpaired) electrons. The Bertz CT molecular complexity index is 668. The Kier molecular flexibility index (Phi) is 6.25. The third-order valence-electron chi connectivity index (χ3n) is 3.20. The maximum atomic E-state index is 12.8. The summed E-state index contributed by atoms with van der Waals surface area (Å²) in [5.41, 5.74) is 0.0282. The fourth-order valence-electron chi connectivity index (χ4n) is 1.94. The first kappa shape index (κ1) is 18.3. The van der Waals surface area contributed by atoms with Crippen molar-refractivity contribution in [1.29, 1.82) is 0 Å². The molecule has 128 valence electrons. The Hall–Kier alpha value is -2.02. The first-order valence-corrected chi connectivity index (χ1v) is 8.14. The number of thioether (sulfide) groups is 1. The second-order valence-corrected chi connectivity index (χ2v) is 6.09. The SMILES string of the molecule is O=C(CSc1ccc(F)cc1)NCCc1ccc(C(F)(F)F)cc1. The lowest BCUT2D eigenvalue weighted by Crippen LogP contribution is -2.27. The molecular weight excluding hydrogens is 342 g/mol. The van der Waals surface area contributed by atoms with Crippen LogP contribution in [0.2, 0.25) is 0 Å². The molecular formula is C17H15F4NOS. The monoisotopic (exact) mass is 357 g/mol. The number of carbonyl (C=O) groups is 1. The van der Waals surface area contributed by atoms with Crippen molar-refractivity contribution in [1.82, 2.24) is 5.32 Å². The van der Waals surface area contributed by atoms with Gasteiger partial charge in [0, 0.05) is 11.4 Å². The number of hydrogen-bond acceptors (Lipinski definition) is 2. The van der Waals surface area contributed by atoms with E-state index in [4.69, 9.17) is 0 Å². The van der Waals surface area contributed by atoms with Crippen LogP contribution >= 0.6 is 11.8 Å². The van der Waals surface area contributed by atoms with E-state index in [1.54, 1.807) is 12.1 Å². The van der Waals surface area contributed by atoms with Gasteiger partial charge in [-0.05, 0) is 48.4 Å². The quantitative estimate of drug-likeness (QED) is 0.617. The second kappa shape index (κ2) is 8.19. The molecule has 2 aromatic rings. The van der Waals surface area contributed by atoms with Crippen LogP contribution in [0, 0.1) is 5.82 Å². The van der Waals surface area contributed by atoms with Gasteiger partial charge in [-0.3, -0.25) is 4.79 Å². The molecule has 0 aromatic heterocycles. The maximum Gasteiger partial charge on any atom is 0.416 e. The summed E-state index contributed by atoms with van der Waals surface area (Å²) in [7, 11) is 0. The van der Waals surface area contributed by atoms with E-state index in [2.05, 4.69) is 5.32 Å². The van der Waals surface area contributed by atoms with E-state index in [1.165, 1.54) is 36.0 Å². The smallest absolute Gasteiger partial charge is 0.355 e. The van der Waals surface area contributed by atoms with Gasteiger partial charge in [-0.15, -0.1) is 11.8 Å². The van der Waals surface area contributed by atoms with Gasteiger partial charge in [0.05, 0.1) is 11.3 Å². The molecule has 24 heavy (non-hydrogen) atoms. The van der Waals surface area contributed by atoms with Crippen LogP contribution in [0.25, 0.3) is 0 Å². The van der Waals surface area contributed by atoms with Gasteiger partial charge in [0.15, 0.2) is 0 Å². The van der Waals surface area contributed by atoms with Crippen LogP contribution in [0.15, 0.2) is 53.4 Å². The van der Waals surface area contributed by atoms with Crippen LogP contribution in [0.1, 0.15) is 11.1 Å². The van der Waals surface area contributed by atoms with E-state index in [1.807, 2.05) is 0 Å². The molecule has 0 aliphatic carbocycles. The highest BCUT2D eigenvalue weighted by molar-refractivity contribution is 8.00. The fraction of sp³-hybridized carbons (Fsp3) is 0.235. The molecule has 2 nitrogen and oxygen atoms in total. The highest BCUT2D eigenvalue weighted by Gasteiger charge is 2.29. The summed E-state index contributed by atoms with van der Waals surface area (Å²) in [5.74, 6) is -0.324. The van der Waals surface area contributed by atoms with Gasteiger partial charge in [-0.2, -0.15) is 13.2 Å². The number of alkyl halides is 3. The van der Waals surface area contributed by atoms with Crippen molar-refractivity contribution in [3.8, 4) is 0 Å². The largest absolute Gasteiger partial charge is 0.416 e. The van der Waals surface area contributed by atoms with Gasteiger partial charge >= 0.3 is 6.18 Å². The topological polar surface area (TPSA) is 29.1 Å². The van der Waals surface area contributed by atoms with Gasteiger partial charge in [0.1, 0.15) is 5.82 Å². The van der Waals surface area contributed by atoms with Crippen molar-refractivity contribution in [3.05, 3.63) is 65.5 Å². The van der Waals surface area contributed by atoms with Gasteiger partial charge in [0.2, 0.25) is 5.91 Å². The van der Waals surface area contributed by atoms with Crippen LogP contribution in [0.5, 0.6) is 0 Å². The summed E-state index contributed by atoms with van der Waals surface area (Å²) < 4.78 is 50.1. The predicted octanol–water partition coefficient (Wildman–Crippen LogP) is 4.30. The van der Waals surface area contributed by atoms with E-state index >= 15 is 0 Å². The Morgan fingerprint density at radius 1 is 1.00 bits per heavy atom. The Labute approximate surface area is 141 Å². The van der Waals surface area contributed by atoms with Crippen LogP contribution in [0.3, 0.4) is 0 Å². The summed E-state index contributed by atoms with van der Waals surface area (Å²) in [6.45, 7) is 0.341. The van der Waals surface area contributed by atoms with E-state index in [-0.39, 0.29) is 17.5 Å². The molecule has 0 saturated carbocycles. The van der Waals surface area contributed by atoms with Crippen molar-refractivity contribution in [3.63, 3.8) is 0 Å². The number of hydrogen-bond donors (Lipinski definition) is 1. The van der Waals surface area contributed by atoms with Crippen molar-refractivity contribution in [2.75, 3.05) is 12.3 Å².